The van der Waals surface area contributed by atoms with Crippen LogP contribution >= 0.6 is 11.6 Å². The van der Waals surface area contributed by atoms with E-state index in [4.69, 9.17) is 16.3 Å². The molecule has 3 heterocycles. The summed E-state index contributed by atoms with van der Waals surface area (Å²) in [5.41, 5.74) is -0.0139. The van der Waals surface area contributed by atoms with Crippen molar-refractivity contribution in [2.24, 2.45) is 0 Å². The Morgan fingerprint density at radius 3 is 2.52 bits per heavy atom. The molecule has 2 N–H and O–H groups in total. The van der Waals surface area contributed by atoms with E-state index in [0.717, 1.165) is 32.1 Å². The Kier molecular flexibility index (Phi) is 5.79. The third kappa shape index (κ3) is 5.03. The van der Waals surface area contributed by atoms with Crippen LogP contribution in [-0.2, 0) is 4.74 Å². The number of hydrogen-bond acceptors (Lipinski definition) is 4. The van der Waals surface area contributed by atoms with Gasteiger partial charge in [0, 0.05) is 24.3 Å². The summed E-state index contributed by atoms with van der Waals surface area (Å²) in [6, 6.07) is 3.51. The van der Waals surface area contributed by atoms with Gasteiger partial charge < -0.3 is 20.3 Å². The molecule has 2 bridgehead atoms. The summed E-state index contributed by atoms with van der Waals surface area (Å²) in [7, 11) is 0. The van der Waals surface area contributed by atoms with Crippen molar-refractivity contribution in [3.05, 3.63) is 23.5 Å². The lowest BCUT2D eigenvalue weighted by Crippen LogP contribution is -2.60. The lowest BCUT2D eigenvalue weighted by Gasteiger charge is -2.48. The van der Waals surface area contributed by atoms with Crippen molar-refractivity contribution in [3.63, 3.8) is 0 Å². The number of anilines is 1. The molecule has 1 aromatic heterocycles. The Balaban J connectivity index is 1.63. The standard InChI is InChI=1S/C19H27ClN4O3/c1-19(2,3)27-18(26)22-12-10-13-6-4-7-14(11-12)24(13)17(25)23-15-8-5-9-21-16(15)20/h5,8-9,12-14H,4,6-7,10-11H2,1-3H3,(H,22,26)(H,23,25). The lowest BCUT2D eigenvalue weighted by molar-refractivity contribution is 0.0357. The number of carbonyl (C=O) groups excluding carboxylic acids is 2. The number of amides is 3. The average molecular weight is 395 g/mol. The third-order valence-electron chi connectivity index (χ3n) is 4.93. The number of carbonyl (C=O) groups is 2. The molecule has 3 rings (SSSR count). The average Bonchev–Trinajstić information content (AvgIpc) is 2.54. The summed E-state index contributed by atoms with van der Waals surface area (Å²) >= 11 is 6.06. The number of urea groups is 1. The molecular formula is C19H27ClN4O3. The maximum absolute atomic E-state index is 12.9. The molecule has 2 aliphatic rings. The molecule has 0 spiro atoms. The molecule has 27 heavy (non-hydrogen) atoms. The van der Waals surface area contributed by atoms with Crippen LogP contribution in [0.15, 0.2) is 18.3 Å². The molecule has 1 aromatic rings. The van der Waals surface area contributed by atoms with Crippen molar-refractivity contribution in [1.82, 2.24) is 15.2 Å². The van der Waals surface area contributed by atoms with Gasteiger partial charge in [0.05, 0.1) is 5.69 Å². The van der Waals surface area contributed by atoms with Gasteiger partial charge in [0.1, 0.15) is 5.60 Å². The van der Waals surface area contributed by atoms with E-state index >= 15 is 0 Å². The van der Waals surface area contributed by atoms with E-state index in [1.54, 1.807) is 18.3 Å². The van der Waals surface area contributed by atoms with Crippen molar-refractivity contribution in [3.8, 4) is 0 Å². The minimum Gasteiger partial charge on any atom is -0.444 e. The molecule has 7 nitrogen and oxygen atoms in total. The zero-order valence-electron chi connectivity index (χ0n) is 16.0. The van der Waals surface area contributed by atoms with E-state index in [1.165, 1.54) is 0 Å². The van der Waals surface area contributed by atoms with Gasteiger partial charge in [-0.15, -0.1) is 0 Å². The first kappa shape index (κ1) is 19.7. The van der Waals surface area contributed by atoms with Gasteiger partial charge in [-0.25, -0.2) is 14.6 Å². The maximum atomic E-state index is 12.9. The van der Waals surface area contributed by atoms with Crippen LogP contribution in [0.25, 0.3) is 0 Å². The van der Waals surface area contributed by atoms with Crippen LogP contribution < -0.4 is 10.6 Å². The molecule has 2 atom stereocenters. The number of halogens is 1. The zero-order chi connectivity index (χ0) is 19.6. The maximum Gasteiger partial charge on any atom is 0.407 e. The minimum absolute atomic E-state index is 0.0150. The number of aromatic nitrogens is 1. The Hall–Kier alpha value is -2.02. The first-order chi connectivity index (χ1) is 12.7. The largest absolute Gasteiger partial charge is 0.444 e. The highest BCUT2D eigenvalue weighted by Crippen LogP contribution is 2.35. The van der Waals surface area contributed by atoms with E-state index in [2.05, 4.69) is 15.6 Å². The fourth-order valence-corrected chi connectivity index (χ4v) is 4.13. The summed E-state index contributed by atoms with van der Waals surface area (Å²) in [4.78, 5) is 30.9. The summed E-state index contributed by atoms with van der Waals surface area (Å²) in [5.74, 6) is 0. The SMILES string of the molecule is CC(C)(C)OC(=O)NC1CC2CCCC(C1)N2C(=O)Nc1cccnc1Cl. The molecule has 0 saturated carbocycles. The van der Waals surface area contributed by atoms with Crippen LogP contribution in [-0.4, -0.2) is 45.7 Å². The molecule has 148 valence electrons. The summed E-state index contributed by atoms with van der Waals surface area (Å²) < 4.78 is 5.36. The lowest BCUT2D eigenvalue weighted by atomic mass is 9.82. The molecule has 0 aromatic carbocycles. The van der Waals surface area contributed by atoms with Crippen LogP contribution in [0.4, 0.5) is 15.3 Å². The normalized spacial score (nSPS) is 24.9. The Labute approximate surface area is 164 Å². The topological polar surface area (TPSA) is 83.6 Å². The molecule has 3 amide bonds. The predicted octanol–water partition coefficient (Wildman–Crippen LogP) is 4.18. The molecule has 8 heteroatoms. The fourth-order valence-electron chi connectivity index (χ4n) is 3.96. The van der Waals surface area contributed by atoms with Crippen molar-refractivity contribution < 1.29 is 14.3 Å². The molecule has 2 unspecified atom stereocenters. The van der Waals surface area contributed by atoms with Crippen LogP contribution in [0.5, 0.6) is 0 Å². The van der Waals surface area contributed by atoms with Gasteiger partial charge in [-0.1, -0.05) is 11.6 Å². The van der Waals surface area contributed by atoms with E-state index in [-0.39, 0.29) is 29.3 Å². The molecular weight excluding hydrogens is 368 g/mol. The predicted molar refractivity (Wildman–Crippen MR) is 104 cm³/mol. The molecule has 2 saturated heterocycles. The fraction of sp³-hybridized carbons (Fsp3) is 0.632. The summed E-state index contributed by atoms with van der Waals surface area (Å²) in [5, 5.41) is 6.12. The molecule has 0 radical (unpaired) electrons. The first-order valence-corrected chi connectivity index (χ1v) is 9.80. The van der Waals surface area contributed by atoms with Crippen LogP contribution in [0.1, 0.15) is 52.9 Å². The van der Waals surface area contributed by atoms with Gasteiger partial charge >= 0.3 is 12.1 Å². The van der Waals surface area contributed by atoms with E-state index in [0.29, 0.717) is 5.69 Å². The highest BCUT2D eigenvalue weighted by molar-refractivity contribution is 6.32. The molecule has 2 aliphatic heterocycles. The highest BCUT2D eigenvalue weighted by atomic mass is 35.5. The first-order valence-electron chi connectivity index (χ1n) is 9.42. The van der Waals surface area contributed by atoms with Gasteiger partial charge in [-0.3, -0.25) is 0 Å². The number of alkyl carbamates (subject to hydrolysis) is 1. The minimum atomic E-state index is -0.524. The second-order valence-corrected chi connectivity index (χ2v) is 8.59. The van der Waals surface area contributed by atoms with Crippen molar-refractivity contribution >= 4 is 29.4 Å². The van der Waals surface area contributed by atoms with Gasteiger partial charge in [0.15, 0.2) is 5.15 Å². The molecule has 0 aliphatic carbocycles. The number of nitrogens with one attached hydrogen (secondary N) is 2. The number of fused-ring (bicyclic) bond motifs is 2. The zero-order valence-corrected chi connectivity index (χ0v) is 16.8. The van der Waals surface area contributed by atoms with Crippen LogP contribution in [0.2, 0.25) is 5.15 Å². The van der Waals surface area contributed by atoms with Crippen molar-refractivity contribution in [2.75, 3.05) is 5.32 Å². The van der Waals surface area contributed by atoms with E-state index in [1.807, 2.05) is 25.7 Å². The second kappa shape index (κ2) is 7.92. The van der Waals surface area contributed by atoms with Crippen molar-refractivity contribution in [1.29, 1.82) is 0 Å². The summed E-state index contributed by atoms with van der Waals surface area (Å²) in [6.07, 6.45) is 5.58. The quantitative estimate of drug-likeness (QED) is 0.737. The van der Waals surface area contributed by atoms with Gasteiger partial charge in [-0.05, 0) is 65.0 Å². The number of nitrogens with zero attached hydrogens (tertiary/aromatic N) is 2. The van der Waals surface area contributed by atoms with Crippen LogP contribution in [0.3, 0.4) is 0 Å². The van der Waals surface area contributed by atoms with Crippen LogP contribution in [0, 0.1) is 0 Å². The Bertz CT molecular complexity index is 692. The van der Waals surface area contributed by atoms with Gasteiger partial charge in [-0.2, -0.15) is 0 Å². The number of piperidine rings is 2. The van der Waals surface area contributed by atoms with E-state index in [9.17, 15) is 9.59 Å². The van der Waals surface area contributed by atoms with Gasteiger partial charge in [0.2, 0.25) is 0 Å². The third-order valence-corrected chi connectivity index (χ3v) is 5.23. The Morgan fingerprint density at radius 1 is 1.26 bits per heavy atom. The van der Waals surface area contributed by atoms with Gasteiger partial charge in [0.25, 0.3) is 0 Å². The number of rotatable bonds is 2. The van der Waals surface area contributed by atoms with Crippen molar-refractivity contribution in [2.45, 2.75) is 76.6 Å². The number of pyridine rings is 1. The Morgan fingerprint density at radius 2 is 1.93 bits per heavy atom. The monoisotopic (exact) mass is 394 g/mol. The highest BCUT2D eigenvalue weighted by Gasteiger charge is 2.41. The molecule has 2 fully saturated rings. The smallest absolute Gasteiger partial charge is 0.407 e. The number of ether oxygens (including phenoxy) is 1. The second-order valence-electron chi connectivity index (χ2n) is 8.23. The number of hydrogen-bond donors (Lipinski definition) is 2. The van der Waals surface area contributed by atoms with E-state index < -0.39 is 11.7 Å². The summed E-state index contributed by atoms with van der Waals surface area (Å²) in [6.45, 7) is 5.54.